The number of hydrogen-bond acceptors (Lipinski definition) is 4. The quantitative estimate of drug-likeness (QED) is 0.802. The predicted molar refractivity (Wildman–Crippen MR) is 85.7 cm³/mol. The Kier molecular flexibility index (Phi) is 3.97. The molecular formula is C16H23N3O2S. The van der Waals surface area contributed by atoms with Crippen molar-refractivity contribution in [3.8, 4) is 0 Å². The fourth-order valence-corrected chi connectivity index (χ4v) is 4.47. The zero-order valence-electron chi connectivity index (χ0n) is 13.5. The maximum atomic E-state index is 13.0. The molecule has 22 heavy (non-hydrogen) atoms. The number of amides is 3. The van der Waals surface area contributed by atoms with E-state index in [9.17, 15) is 9.59 Å². The number of nitrogens with zero attached hydrogens (tertiary/aromatic N) is 3. The van der Waals surface area contributed by atoms with Crippen LogP contribution >= 0.6 is 11.3 Å². The van der Waals surface area contributed by atoms with Crippen molar-refractivity contribution in [1.29, 1.82) is 0 Å². The maximum absolute atomic E-state index is 13.0. The van der Waals surface area contributed by atoms with Crippen LogP contribution in [0.4, 0.5) is 4.79 Å². The molecule has 2 heterocycles. The van der Waals surface area contributed by atoms with Gasteiger partial charge in [0.15, 0.2) is 0 Å². The highest BCUT2D eigenvalue weighted by Gasteiger charge is 2.56. The first kappa shape index (κ1) is 15.5. The third-order valence-electron chi connectivity index (χ3n) is 5.12. The van der Waals surface area contributed by atoms with E-state index in [1.165, 1.54) is 4.90 Å². The van der Waals surface area contributed by atoms with E-state index in [-0.39, 0.29) is 18.0 Å². The standard InChI is InChI=1S/C16H23N3O2S/c1-4-13-17-12(10-22-13)11(2)19-14(20)16(18(3)15(19)21)8-6-5-7-9-16/h10-11H,4-9H2,1-3H3. The van der Waals surface area contributed by atoms with Crippen molar-refractivity contribution >= 4 is 23.3 Å². The van der Waals surface area contributed by atoms with Gasteiger partial charge in [0.25, 0.3) is 5.91 Å². The van der Waals surface area contributed by atoms with Crippen LogP contribution in [0.5, 0.6) is 0 Å². The fourth-order valence-electron chi connectivity index (χ4n) is 3.64. The minimum absolute atomic E-state index is 0.0294. The molecule has 5 nitrogen and oxygen atoms in total. The lowest BCUT2D eigenvalue weighted by molar-refractivity contribution is -0.135. The summed E-state index contributed by atoms with van der Waals surface area (Å²) in [4.78, 5) is 33.4. The van der Waals surface area contributed by atoms with Crippen molar-refractivity contribution < 1.29 is 9.59 Å². The highest BCUT2D eigenvalue weighted by atomic mass is 32.1. The van der Waals surface area contributed by atoms with Crippen LogP contribution in [0.15, 0.2) is 5.38 Å². The van der Waals surface area contributed by atoms with E-state index in [0.717, 1.165) is 49.2 Å². The normalized spacial score (nSPS) is 22.7. The molecule has 1 aromatic heterocycles. The lowest BCUT2D eigenvalue weighted by atomic mass is 9.80. The van der Waals surface area contributed by atoms with Gasteiger partial charge in [-0.2, -0.15) is 0 Å². The van der Waals surface area contributed by atoms with Gasteiger partial charge >= 0.3 is 6.03 Å². The lowest BCUT2D eigenvalue weighted by Gasteiger charge is -2.36. The van der Waals surface area contributed by atoms with Crippen LogP contribution in [0.3, 0.4) is 0 Å². The van der Waals surface area contributed by atoms with E-state index >= 15 is 0 Å². The van der Waals surface area contributed by atoms with Crippen LogP contribution < -0.4 is 0 Å². The molecule has 1 aliphatic heterocycles. The molecule has 0 radical (unpaired) electrons. The molecule has 3 rings (SSSR count). The van der Waals surface area contributed by atoms with Gasteiger partial charge < -0.3 is 4.90 Å². The number of imide groups is 1. The summed E-state index contributed by atoms with van der Waals surface area (Å²) >= 11 is 1.59. The molecule has 1 aliphatic carbocycles. The van der Waals surface area contributed by atoms with E-state index in [2.05, 4.69) is 11.9 Å². The summed E-state index contributed by atoms with van der Waals surface area (Å²) in [5.41, 5.74) is 0.220. The number of hydrogen-bond donors (Lipinski definition) is 0. The third-order valence-corrected chi connectivity index (χ3v) is 6.13. The van der Waals surface area contributed by atoms with Crippen LogP contribution in [0.25, 0.3) is 0 Å². The fraction of sp³-hybridized carbons (Fsp3) is 0.688. The minimum Gasteiger partial charge on any atom is -0.313 e. The molecule has 120 valence electrons. The minimum atomic E-state index is -0.604. The first-order valence-electron chi connectivity index (χ1n) is 8.07. The molecular weight excluding hydrogens is 298 g/mol. The Hall–Kier alpha value is -1.43. The summed E-state index contributed by atoms with van der Waals surface area (Å²) in [6.07, 6.45) is 5.63. The number of likely N-dealkylation sites (N-methyl/N-ethyl adjacent to an activating group) is 1. The maximum Gasteiger partial charge on any atom is 0.328 e. The van der Waals surface area contributed by atoms with Gasteiger partial charge in [-0.15, -0.1) is 11.3 Å². The van der Waals surface area contributed by atoms with Gasteiger partial charge in [0, 0.05) is 12.4 Å². The van der Waals surface area contributed by atoms with Crippen molar-refractivity contribution in [1.82, 2.24) is 14.8 Å². The third kappa shape index (κ3) is 2.16. The smallest absolute Gasteiger partial charge is 0.313 e. The molecule has 1 saturated carbocycles. The predicted octanol–water partition coefficient (Wildman–Crippen LogP) is 3.36. The molecule has 1 atom stereocenters. The number of carbonyl (C=O) groups excluding carboxylic acids is 2. The van der Waals surface area contributed by atoms with Crippen LogP contribution in [-0.2, 0) is 11.2 Å². The first-order valence-corrected chi connectivity index (χ1v) is 8.95. The number of aromatic nitrogens is 1. The second-order valence-electron chi connectivity index (χ2n) is 6.30. The number of urea groups is 1. The summed E-state index contributed by atoms with van der Waals surface area (Å²) in [5.74, 6) is -0.0294. The van der Waals surface area contributed by atoms with E-state index in [0.29, 0.717) is 0 Å². The molecule has 1 saturated heterocycles. The average Bonchev–Trinajstić information content (AvgIpc) is 3.08. The van der Waals surface area contributed by atoms with E-state index in [1.54, 1.807) is 23.3 Å². The van der Waals surface area contributed by atoms with Crippen molar-refractivity contribution in [2.45, 2.75) is 64.0 Å². The highest BCUT2D eigenvalue weighted by Crippen LogP contribution is 2.42. The van der Waals surface area contributed by atoms with Gasteiger partial charge in [-0.1, -0.05) is 26.2 Å². The molecule has 0 N–H and O–H groups in total. The van der Waals surface area contributed by atoms with Crippen molar-refractivity contribution in [3.05, 3.63) is 16.1 Å². The van der Waals surface area contributed by atoms with E-state index in [1.807, 2.05) is 12.3 Å². The Morgan fingerprint density at radius 1 is 1.32 bits per heavy atom. The molecule has 6 heteroatoms. The highest BCUT2D eigenvalue weighted by molar-refractivity contribution is 7.09. The van der Waals surface area contributed by atoms with E-state index < -0.39 is 5.54 Å². The lowest BCUT2D eigenvalue weighted by Crippen LogP contribution is -2.49. The van der Waals surface area contributed by atoms with Gasteiger partial charge in [0.2, 0.25) is 0 Å². The second kappa shape index (κ2) is 5.65. The molecule has 1 spiro atoms. The molecule has 0 aromatic carbocycles. The van der Waals surface area contributed by atoms with Crippen molar-refractivity contribution in [3.63, 3.8) is 0 Å². The molecule has 0 bridgehead atoms. The molecule has 3 amide bonds. The molecule has 1 aromatic rings. The summed E-state index contributed by atoms with van der Waals surface area (Å²) in [6, 6.07) is -0.467. The molecule has 2 fully saturated rings. The second-order valence-corrected chi connectivity index (χ2v) is 7.25. The Bertz CT molecular complexity index is 592. The topological polar surface area (TPSA) is 53.5 Å². The van der Waals surface area contributed by atoms with Crippen LogP contribution in [0, 0.1) is 0 Å². The molecule has 2 aliphatic rings. The number of thiazole rings is 1. The first-order chi connectivity index (χ1) is 10.5. The van der Waals surface area contributed by atoms with Crippen molar-refractivity contribution in [2.24, 2.45) is 0 Å². The zero-order chi connectivity index (χ0) is 15.9. The van der Waals surface area contributed by atoms with Gasteiger partial charge in [-0.3, -0.25) is 9.69 Å². The van der Waals surface area contributed by atoms with Gasteiger partial charge in [0.1, 0.15) is 5.54 Å². The Balaban J connectivity index is 1.90. The summed E-state index contributed by atoms with van der Waals surface area (Å²) < 4.78 is 0. The Morgan fingerprint density at radius 3 is 2.59 bits per heavy atom. The van der Waals surface area contributed by atoms with Gasteiger partial charge in [0.05, 0.1) is 16.7 Å². The Labute approximate surface area is 135 Å². The number of aryl methyl sites for hydroxylation is 1. The summed E-state index contributed by atoms with van der Waals surface area (Å²) in [6.45, 7) is 3.96. The number of carbonyl (C=O) groups is 2. The van der Waals surface area contributed by atoms with Crippen LogP contribution in [0.2, 0.25) is 0 Å². The zero-order valence-corrected chi connectivity index (χ0v) is 14.3. The van der Waals surface area contributed by atoms with Crippen molar-refractivity contribution in [2.75, 3.05) is 7.05 Å². The van der Waals surface area contributed by atoms with Crippen LogP contribution in [-0.4, -0.2) is 39.3 Å². The Morgan fingerprint density at radius 2 is 2.00 bits per heavy atom. The SMILES string of the molecule is CCc1nc(C(C)N2C(=O)N(C)C3(CCCCC3)C2=O)cs1. The monoisotopic (exact) mass is 321 g/mol. The molecule has 1 unspecified atom stereocenters. The summed E-state index contributed by atoms with van der Waals surface area (Å²) in [5, 5.41) is 3.01. The average molecular weight is 321 g/mol. The van der Waals surface area contributed by atoms with Crippen LogP contribution in [0.1, 0.15) is 62.7 Å². The number of rotatable bonds is 3. The van der Waals surface area contributed by atoms with Gasteiger partial charge in [-0.25, -0.2) is 9.78 Å². The largest absolute Gasteiger partial charge is 0.328 e. The van der Waals surface area contributed by atoms with Gasteiger partial charge in [-0.05, 0) is 26.2 Å². The van der Waals surface area contributed by atoms with E-state index in [4.69, 9.17) is 0 Å². The summed E-state index contributed by atoms with van der Waals surface area (Å²) in [7, 11) is 1.77.